The molecule has 0 amide bonds. The topological polar surface area (TPSA) is 0 Å². The van der Waals surface area contributed by atoms with Gasteiger partial charge in [-0.3, -0.25) is 0 Å². The van der Waals surface area contributed by atoms with Gasteiger partial charge in [0.1, 0.15) is 0 Å². The molecule has 0 saturated carbocycles. The fourth-order valence-electron chi connectivity index (χ4n) is 1.46. The Morgan fingerprint density at radius 1 is 0.789 bits per heavy atom. The molecule has 0 unspecified atom stereocenters. The Morgan fingerprint density at radius 2 is 1.11 bits per heavy atom. The smallest absolute Gasteiger partial charge is 0 e. The van der Waals surface area contributed by atoms with Crippen LogP contribution < -0.4 is 0 Å². The van der Waals surface area contributed by atoms with Gasteiger partial charge in [0.25, 0.3) is 0 Å². The summed E-state index contributed by atoms with van der Waals surface area (Å²) in [7, 11) is 1.15. The van der Waals surface area contributed by atoms with Gasteiger partial charge in [-0.25, -0.2) is 12.1 Å². The van der Waals surface area contributed by atoms with Crippen LogP contribution in [0.2, 0.25) is 0 Å². The molecule has 114 valence electrons. The Morgan fingerprint density at radius 3 is 1.21 bits per heavy atom. The molecule has 0 aliphatic rings. The zero-order valence-electron chi connectivity index (χ0n) is 12.7. The van der Waals surface area contributed by atoms with Crippen LogP contribution >= 0.6 is 8.58 Å². The number of hydrogen-bond donors (Lipinski definition) is 0. The summed E-state index contributed by atoms with van der Waals surface area (Å²) in [5, 5.41) is 0. The summed E-state index contributed by atoms with van der Waals surface area (Å²) >= 11 is 0. The molecule has 0 fully saturated rings. The fourth-order valence-corrected chi connectivity index (χ4v) is 2.79. The number of aryl methyl sites for hydroxylation is 1. The van der Waals surface area contributed by atoms with Gasteiger partial charge in [-0.2, -0.15) is 17.7 Å². The van der Waals surface area contributed by atoms with Gasteiger partial charge in [0.15, 0.2) is 0 Å². The second-order valence-electron chi connectivity index (χ2n) is 4.90. The Kier molecular flexibility index (Phi) is 15.5. The maximum atomic E-state index is 2.28. The third kappa shape index (κ3) is 17.6. The summed E-state index contributed by atoms with van der Waals surface area (Å²) < 4.78 is 0. The van der Waals surface area contributed by atoms with Crippen molar-refractivity contribution >= 4 is 8.58 Å². The van der Waals surface area contributed by atoms with E-state index in [1.807, 2.05) is 42.5 Å². The first-order valence-corrected chi connectivity index (χ1v) is 7.79. The molecule has 19 heavy (non-hydrogen) atoms. The summed E-state index contributed by atoms with van der Waals surface area (Å²) in [5.74, 6) is 0. The van der Waals surface area contributed by atoms with Crippen molar-refractivity contribution in [1.82, 2.24) is 0 Å². The average molecular weight is 318 g/mol. The maximum absolute atomic E-state index is 2.28. The second-order valence-corrected chi connectivity index (χ2v) is 7.54. The molecule has 2 heteroatoms. The van der Waals surface area contributed by atoms with Crippen LogP contribution in [0.1, 0.15) is 33.3 Å². The minimum Gasteiger partial charge on any atom is -0.748 e. The molecule has 0 nitrogen and oxygen atoms in total. The summed E-state index contributed by atoms with van der Waals surface area (Å²) in [6, 6.07) is 18.2. The summed E-state index contributed by atoms with van der Waals surface area (Å²) in [6.45, 7) is 11.2. The van der Waals surface area contributed by atoms with Gasteiger partial charge in [-0.15, -0.1) is 8.58 Å². The SMILES string of the molecule is CC(C)PC(C)C.C[c-]1cccc1.[Fe].[cH-]1[cH-][cH-][cH-][cH-]1. The zero-order valence-corrected chi connectivity index (χ0v) is 14.8. The Hall–Kier alpha value is -0.351. The molecule has 0 atom stereocenters. The van der Waals surface area contributed by atoms with E-state index in [0.717, 1.165) is 19.9 Å². The van der Waals surface area contributed by atoms with Gasteiger partial charge in [0.05, 0.1) is 0 Å². The summed E-state index contributed by atoms with van der Waals surface area (Å²) in [5.41, 5.74) is 3.15. The van der Waals surface area contributed by atoms with Gasteiger partial charge in [-0.1, -0.05) is 34.6 Å². The first-order chi connectivity index (χ1) is 8.52. The molecule has 0 aromatic heterocycles. The van der Waals surface area contributed by atoms with Crippen LogP contribution in [0, 0.1) is 6.92 Å². The first kappa shape index (κ1) is 21.0. The minimum absolute atomic E-state index is 0. The molecular weight excluding hydrogens is 291 g/mol. The quantitative estimate of drug-likeness (QED) is 0.384. The van der Waals surface area contributed by atoms with Gasteiger partial charge >= 0.3 is 0 Å². The molecule has 0 bridgehead atoms. The fraction of sp³-hybridized carbons (Fsp3) is 0.412. The average Bonchev–Trinajstić information content (AvgIpc) is 2.89. The standard InChI is InChI=1S/C6H15P.C6H7.C5H5.Fe/c1-5(2)7-6(3)4;1-6-4-2-3-5-6;1-2-4-5-3-1;/h5-7H,1-4H3;2-5H,1H3;1-5H;/q;-1;-5;. The van der Waals surface area contributed by atoms with Gasteiger partial charge < -0.3 is 30.3 Å². The molecule has 2 aromatic carbocycles. The second kappa shape index (κ2) is 14.1. The van der Waals surface area contributed by atoms with Crippen molar-refractivity contribution < 1.29 is 17.1 Å². The van der Waals surface area contributed by atoms with Crippen LogP contribution in [0.15, 0.2) is 54.6 Å². The van der Waals surface area contributed by atoms with Crippen molar-refractivity contribution in [2.24, 2.45) is 0 Å². The first-order valence-electron chi connectivity index (χ1n) is 6.63. The third-order valence-corrected chi connectivity index (χ3v) is 3.38. The monoisotopic (exact) mass is 318 g/mol. The van der Waals surface area contributed by atoms with Gasteiger partial charge in [0.2, 0.25) is 0 Å². The van der Waals surface area contributed by atoms with Crippen LogP contribution in [0.5, 0.6) is 0 Å². The van der Waals surface area contributed by atoms with E-state index in [0.29, 0.717) is 0 Å². The van der Waals surface area contributed by atoms with Gasteiger partial charge in [-0.05, 0) is 11.3 Å². The molecule has 2 rings (SSSR count). The normalized spacial score (nSPS) is 9.00. The van der Waals surface area contributed by atoms with Crippen molar-refractivity contribution in [1.29, 1.82) is 0 Å². The molecule has 0 radical (unpaired) electrons. The van der Waals surface area contributed by atoms with E-state index in [9.17, 15) is 0 Å². The summed E-state index contributed by atoms with van der Waals surface area (Å²) in [6.07, 6.45) is 0. The van der Waals surface area contributed by atoms with Crippen LogP contribution in [-0.2, 0) is 17.1 Å². The van der Waals surface area contributed by atoms with E-state index in [1.165, 1.54) is 5.56 Å². The summed E-state index contributed by atoms with van der Waals surface area (Å²) in [4.78, 5) is 0. The maximum Gasteiger partial charge on any atom is 0 e. The third-order valence-electron chi connectivity index (χ3n) is 2.05. The molecule has 2 aromatic rings. The van der Waals surface area contributed by atoms with Crippen LogP contribution in [0.25, 0.3) is 0 Å². The Balaban J connectivity index is 0. The van der Waals surface area contributed by atoms with Crippen molar-refractivity contribution in [2.45, 2.75) is 45.9 Å². The largest absolute Gasteiger partial charge is 0.748 e. The van der Waals surface area contributed by atoms with Crippen molar-refractivity contribution in [2.75, 3.05) is 0 Å². The van der Waals surface area contributed by atoms with Crippen LogP contribution in [0.3, 0.4) is 0 Å². The molecular formula is C17H27FeP-6. The number of hydrogen-bond acceptors (Lipinski definition) is 0. The zero-order chi connectivity index (χ0) is 13.8. The molecule has 0 spiro atoms. The Labute approximate surface area is 132 Å². The van der Waals surface area contributed by atoms with Crippen molar-refractivity contribution in [3.63, 3.8) is 0 Å². The van der Waals surface area contributed by atoms with Crippen molar-refractivity contribution in [3.8, 4) is 0 Å². The minimum atomic E-state index is 0. The Bertz CT molecular complexity index is 310. The van der Waals surface area contributed by atoms with E-state index in [2.05, 4.69) is 46.8 Å². The van der Waals surface area contributed by atoms with Crippen molar-refractivity contribution in [3.05, 3.63) is 60.2 Å². The van der Waals surface area contributed by atoms with E-state index < -0.39 is 0 Å². The predicted octanol–water partition coefficient (Wildman–Crippen LogP) is 5.60. The molecule has 0 N–H and O–H groups in total. The van der Waals surface area contributed by atoms with Crippen LogP contribution in [-0.4, -0.2) is 11.3 Å². The number of rotatable bonds is 2. The van der Waals surface area contributed by atoms with E-state index in [-0.39, 0.29) is 17.1 Å². The molecule has 0 saturated heterocycles. The van der Waals surface area contributed by atoms with Crippen LogP contribution in [0.4, 0.5) is 0 Å². The van der Waals surface area contributed by atoms with E-state index in [1.54, 1.807) is 0 Å². The van der Waals surface area contributed by atoms with E-state index in [4.69, 9.17) is 0 Å². The molecule has 0 aliphatic carbocycles. The predicted molar refractivity (Wildman–Crippen MR) is 87.4 cm³/mol. The van der Waals surface area contributed by atoms with Gasteiger partial charge in [0, 0.05) is 17.1 Å². The van der Waals surface area contributed by atoms with E-state index >= 15 is 0 Å². The molecule has 0 aliphatic heterocycles. The molecule has 0 heterocycles.